The second-order valence-electron chi connectivity index (χ2n) is 6.17. The number of fused-ring (bicyclic) bond motifs is 1. The van der Waals surface area contributed by atoms with Gasteiger partial charge < -0.3 is 14.9 Å². The molecule has 0 fully saturated rings. The maximum atomic E-state index is 11.3. The fraction of sp³-hybridized carbons (Fsp3) is 0.200. The first-order valence-corrected chi connectivity index (χ1v) is 8.31. The summed E-state index contributed by atoms with van der Waals surface area (Å²) in [4.78, 5) is 44.6. The number of carbonyl (C=O) groups is 1. The topological polar surface area (TPSA) is 98.9 Å². The molecule has 0 unspecified atom stereocenters. The third kappa shape index (κ3) is 5.50. The summed E-state index contributed by atoms with van der Waals surface area (Å²) in [5.41, 5.74) is 2.56. The number of hydrogen-bond donors (Lipinski definition) is 2. The number of Topliss-reactive ketones (excluding diaryl/α,β-unsaturated/α-hetero) is 1. The molecule has 0 atom stereocenters. The number of nitrogens with zero attached hydrogens (tertiary/aromatic N) is 2. The first-order chi connectivity index (χ1) is 12.8. The summed E-state index contributed by atoms with van der Waals surface area (Å²) in [6, 6.07) is 7.98. The molecule has 0 saturated carbocycles. The molecule has 0 saturated heterocycles. The largest absolute Gasteiger partial charge is 0.383 e. The molecular weight excluding hydrogens is 344 g/mol. The van der Waals surface area contributed by atoms with Crippen LogP contribution in [-0.4, -0.2) is 39.7 Å². The number of aromatic amines is 2. The van der Waals surface area contributed by atoms with E-state index >= 15 is 0 Å². The highest BCUT2D eigenvalue weighted by Gasteiger charge is 2.05. The number of pyridine rings is 3. The molecule has 0 aliphatic carbocycles. The van der Waals surface area contributed by atoms with E-state index in [1.54, 1.807) is 30.6 Å². The second-order valence-corrected chi connectivity index (χ2v) is 6.17. The molecular formula is C20H22N4O3. The van der Waals surface area contributed by atoms with Gasteiger partial charge in [-0.05, 0) is 38.1 Å². The molecule has 0 spiro atoms. The van der Waals surface area contributed by atoms with Crippen LogP contribution in [0.25, 0.3) is 17.0 Å². The van der Waals surface area contributed by atoms with E-state index in [9.17, 15) is 14.4 Å². The van der Waals surface area contributed by atoms with E-state index in [4.69, 9.17) is 0 Å². The number of rotatable bonds is 3. The Morgan fingerprint density at radius 2 is 1.70 bits per heavy atom. The van der Waals surface area contributed by atoms with Gasteiger partial charge in [0, 0.05) is 55.3 Å². The molecule has 0 amide bonds. The Morgan fingerprint density at radius 3 is 2.37 bits per heavy atom. The van der Waals surface area contributed by atoms with Gasteiger partial charge in [-0.1, -0.05) is 0 Å². The Labute approximate surface area is 156 Å². The van der Waals surface area contributed by atoms with Gasteiger partial charge in [-0.15, -0.1) is 0 Å². The van der Waals surface area contributed by atoms with Gasteiger partial charge in [-0.25, -0.2) is 0 Å². The molecule has 0 bridgehead atoms. The quantitative estimate of drug-likeness (QED) is 0.693. The summed E-state index contributed by atoms with van der Waals surface area (Å²) < 4.78 is 0. The average molecular weight is 366 g/mol. The zero-order chi connectivity index (χ0) is 20.0. The van der Waals surface area contributed by atoms with E-state index in [-0.39, 0.29) is 16.9 Å². The normalized spacial score (nSPS) is 10.5. The Balaban J connectivity index is 0.000000198. The van der Waals surface area contributed by atoms with Crippen molar-refractivity contribution in [1.82, 2.24) is 19.9 Å². The molecule has 3 aromatic heterocycles. The predicted octanol–water partition coefficient (Wildman–Crippen LogP) is 2.34. The van der Waals surface area contributed by atoms with Crippen molar-refractivity contribution >= 4 is 22.8 Å². The van der Waals surface area contributed by atoms with Crippen LogP contribution in [0.1, 0.15) is 28.7 Å². The van der Waals surface area contributed by atoms with Crippen LogP contribution in [0.5, 0.6) is 0 Å². The third-order valence-electron chi connectivity index (χ3n) is 3.72. The summed E-state index contributed by atoms with van der Waals surface area (Å²) in [6.07, 6.45) is 5.17. The summed E-state index contributed by atoms with van der Waals surface area (Å²) >= 11 is 0. The van der Waals surface area contributed by atoms with Gasteiger partial charge in [0.1, 0.15) is 0 Å². The van der Waals surface area contributed by atoms with E-state index in [1.165, 1.54) is 25.1 Å². The molecule has 7 nitrogen and oxygen atoms in total. The van der Waals surface area contributed by atoms with Crippen molar-refractivity contribution in [2.75, 3.05) is 14.1 Å². The van der Waals surface area contributed by atoms with Crippen LogP contribution in [0.4, 0.5) is 0 Å². The van der Waals surface area contributed by atoms with Crippen LogP contribution in [0, 0.1) is 6.92 Å². The smallest absolute Gasteiger partial charge is 0.248 e. The number of carbonyl (C=O) groups excluding carboxylic acids is 1. The lowest BCUT2D eigenvalue weighted by Crippen LogP contribution is -2.10. The van der Waals surface area contributed by atoms with Gasteiger partial charge in [0.15, 0.2) is 5.78 Å². The minimum absolute atomic E-state index is 0.0651. The molecule has 3 rings (SSSR count). The Morgan fingerprint density at radius 1 is 1.04 bits per heavy atom. The second kappa shape index (κ2) is 8.75. The van der Waals surface area contributed by atoms with Crippen LogP contribution in [-0.2, 0) is 0 Å². The summed E-state index contributed by atoms with van der Waals surface area (Å²) in [6.45, 7) is 3.39. The highest BCUT2D eigenvalue weighted by atomic mass is 16.1. The van der Waals surface area contributed by atoms with Gasteiger partial charge in [0.05, 0.1) is 11.2 Å². The van der Waals surface area contributed by atoms with Gasteiger partial charge in [0.2, 0.25) is 11.1 Å². The SMILES string of the molecule is CC(=O)c1ccc(=O)[nH]c1C=CN(C)C.Cc1nccc2[nH]c(=O)ccc12. The van der Waals surface area contributed by atoms with Gasteiger partial charge in [-0.3, -0.25) is 19.4 Å². The number of hydrogen-bond acceptors (Lipinski definition) is 5. The predicted molar refractivity (Wildman–Crippen MR) is 107 cm³/mol. The maximum absolute atomic E-state index is 11.3. The molecule has 0 aliphatic heterocycles. The van der Waals surface area contributed by atoms with Crippen molar-refractivity contribution in [1.29, 1.82) is 0 Å². The number of ketones is 1. The van der Waals surface area contributed by atoms with Crippen molar-refractivity contribution < 1.29 is 4.79 Å². The number of H-pyrrole nitrogens is 2. The standard InChI is InChI=1S/C11H14N2O2.C9H8N2O/c1-8(14)9-4-5-11(15)12-10(9)6-7-13(2)3;1-6-7-2-3-9(12)11-8(7)4-5-10-6/h4-7H,1-3H3,(H,12,15);2-5H,1H3,(H,11,12). The molecule has 0 aromatic carbocycles. The lowest BCUT2D eigenvalue weighted by molar-refractivity contribution is 0.101. The summed E-state index contributed by atoms with van der Waals surface area (Å²) in [7, 11) is 3.73. The Bertz CT molecular complexity index is 1090. The highest BCUT2D eigenvalue weighted by Crippen LogP contribution is 2.10. The van der Waals surface area contributed by atoms with E-state index in [2.05, 4.69) is 15.0 Å². The fourth-order valence-corrected chi connectivity index (χ4v) is 2.38. The van der Waals surface area contributed by atoms with Crippen molar-refractivity contribution in [2.24, 2.45) is 0 Å². The average Bonchev–Trinajstić information content (AvgIpc) is 2.60. The van der Waals surface area contributed by atoms with Crippen LogP contribution in [0.2, 0.25) is 0 Å². The molecule has 27 heavy (non-hydrogen) atoms. The molecule has 140 valence electrons. The number of nitrogens with one attached hydrogen (secondary N) is 2. The van der Waals surface area contributed by atoms with Crippen molar-refractivity contribution in [3.05, 3.63) is 80.4 Å². The number of aromatic nitrogens is 3. The van der Waals surface area contributed by atoms with Gasteiger partial charge >= 0.3 is 0 Å². The lowest BCUT2D eigenvalue weighted by Gasteiger charge is -2.05. The number of aryl methyl sites for hydroxylation is 1. The minimum Gasteiger partial charge on any atom is -0.383 e. The Hall–Kier alpha value is -3.48. The van der Waals surface area contributed by atoms with Gasteiger partial charge in [-0.2, -0.15) is 0 Å². The molecule has 3 heterocycles. The summed E-state index contributed by atoms with van der Waals surface area (Å²) in [5.74, 6) is -0.0651. The maximum Gasteiger partial charge on any atom is 0.248 e. The highest BCUT2D eigenvalue weighted by molar-refractivity contribution is 5.96. The summed E-state index contributed by atoms with van der Waals surface area (Å²) in [5, 5.41) is 0.997. The molecule has 7 heteroatoms. The molecule has 0 radical (unpaired) electrons. The first kappa shape index (κ1) is 19.8. The van der Waals surface area contributed by atoms with Crippen LogP contribution in [0.15, 0.2) is 52.3 Å². The van der Waals surface area contributed by atoms with Crippen LogP contribution in [0.3, 0.4) is 0 Å². The fourth-order valence-electron chi connectivity index (χ4n) is 2.38. The van der Waals surface area contributed by atoms with Crippen molar-refractivity contribution in [3.8, 4) is 0 Å². The van der Waals surface area contributed by atoms with Crippen molar-refractivity contribution in [3.63, 3.8) is 0 Å². The van der Waals surface area contributed by atoms with Crippen LogP contribution >= 0.6 is 0 Å². The van der Waals surface area contributed by atoms with Gasteiger partial charge in [0.25, 0.3) is 0 Å². The lowest BCUT2D eigenvalue weighted by atomic mass is 10.1. The molecule has 0 aliphatic rings. The Kier molecular flexibility index (Phi) is 6.43. The zero-order valence-electron chi connectivity index (χ0n) is 15.7. The monoisotopic (exact) mass is 366 g/mol. The van der Waals surface area contributed by atoms with E-state index in [0.29, 0.717) is 11.3 Å². The molecule has 2 N–H and O–H groups in total. The minimum atomic E-state index is -0.210. The third-order valence-corrected chi connectivity index (χ3v) is 3.72. The van der Waals surface area contributed by atoms with Crippen LogP contribution < -0.4 is 11.1 Å². The van der Waals surface area contributed by atoms with E-state index in [0.717, 1.165) is 16.6 Å². The van der Waals surface area contributed by atoms with Crippen molar-refractivity contribution in [2.45, 2.75) is 13.8 Å². The van der Waals surface area contributed by atoms with E-state index in [1.807, 2.05) is 25.9 Å². The first-order valence-electron chi connectivity index (χ1n) is 8.31. The molecule has 3 aromatic rings. The zero-order valence-corrected chi connectivity index (χ0v) is 15.7. The van der Waals surface area contributed by atoms with E-state index < -0.39 is 0 Å².